The first-order valence-electron chi connectivity index (χ1n) is 12.8. The zero-order valence-corrected chi connectivity index (χ0v) is 21.5. The third-order valence-electron chi connectivity index (χ3n) is 6.62. The van der Waals surface area contributed by atoms with Crippen molar-refractivity contribution in [2.75, 3.05) is 0 Å². The largest absolute Gasteiger partial charge is 0.439 e. The number of H-pyrrole nitrogens is 1. The maximum Gasteiger partial charge on any atom is 0.439 e. The molecular weight excluding hydrogens is 478 g/mol. The van der Waals surface area contributed by atoms with E-state index in [9.17, 15) is 9.59 Å². The predicted molar refractivity (Wildman–Crippen MR) is 146 cm³/mol. The summed E-state index contributed by atoms with van der Waals surface area (Å²) >= 11 is 0. The molecular formula is C30H29N5O3. The molecule has 0 bridgehead atoms. The van der Waals surface area contributed by atoms with Crippen LogP contribution in [-0.4, -0.2) is 24.7 Å². The van der Waals surface area contributed by atoms with Crippen molar-refractivity contribution in [2.24, 2.45) is 0 Å². The van der Waals surface area contributed by atoms with Gasteiger partial charge in [-0.1, -0.05) is 73.1 Å². The van der Waals surface area contributed by atoms with Crippen molar-refractivity contribution >= 4 is 0 Å². The Kier molecular flexibility index (Phi) is 7.40. The Balaban J connectivity index is 1.48. The summed E-state index contributed by atoms with van der Waals surface area (Å²) in [4.78, 5) is 37.1. The summed E-state index contributed by atoms with van der Waals surface area (Å²) in [5, 5.41) is 3.84. The number of pyridine rings is 1. The summed E-state index contributed by atoms with van der Waals surface area (Å²) in [6.07, 6.45) is 5.00. The number of rotatable bonds is 9. The van der Waals surface area contributed by atoms with Crippen LogP contribution in [0.2, 0.25) is 0 Å². The van der Waals surface area contributed by atoms with Gasteiger partial charge in [0.25, 0.3) is 5.56 Å². The van der Waals surface area contributed by atoms with Gasteiger partial charge in [0, 0.05) is 23.7 Å². The molecule has 0 amide bonds. The number of unbranched alkanes of at least 4 members (excludes halogenated alkanes) is 1. The van der Waals surface area contributed by atoms with Crippen LogP contribution in [0.3, 0.4) is 0 Å². The van der Waals surface area contributed by atoms with Crippen LogP contribution < -0.4 is 11.3 Å². The summed E-state index contributed by atoms with van der Waals surface area (Å²) < 4.78 is 6.42. The number of nitrogens with one attached hydrogen (secondary N) is 1. The molecule has 5 rings (SSSR count). The van der Waals surface area contributed by atoms with Crippen LogP contribution >= 0.6 is 0 Å². The summed E-state index contributed by atoms with van der Waals surface area (Å²) in [5.74, 6) is 0.493. The fourth-order valence-electron chi connectivity index (χ4n) is 4.62. The first-order valence-corrected chi connectivity index (χ1v) is 12.8. The molecule has 0 atom stereocenters. The number of hydrogen-bond donors (Lipinski definition) is 1. The van der Waals surface area contributed by atoms with E-state index in [1.807, 2.05) is 73.7 Å². The maximum atomic E-state index is 13.7. The predicted octanol–water partition coefficient (Wildman–Crippen LogP) is 4.94. The molecule has 0 unspecified atom stereocenters. The third-order valence-corrected chi connectivity index (χ3v) is 6.62. The van der Waals surface area contributed by atoms with Crippen molar-refractivity contribution in [1.29, 1.82) is 0 Å². The van der Waals surface area contributed by atoms with E-state index in [-0.39, 0.29) is 5.56 Å². The number of benzene rings is 2. The van der Waals surface area contributed by atoms with Gasteiger partial charge in [0.2, 0.25) is 0 Å². The highest BCUT2D eigenvalue weighted by atomic mass is 16.5. The molecule has 0 saturated carbocycles. The Hall–Kier alpha value is -4.59. The van der Waals surface area contributed by atoms with Crippen LogP contribution in [0.15, 0.2) is 87.0 Å². The molecule has 8 nitrogen and oxygen atoms in total. The molecule has 192 valence electrons. The molecule has 0 aliphatic rings. The molecule has 2 aromatic carbocycles. The van der Waals surface area contributed by atoms with Gasteiger partial charge >= 0.3 is 5.76 Å². The maximum absolute atomic E-state index is 13.7. The first kappa shape index (κ1) is 25.1. The standard InChI is InChI=1S/C30H29N5O3/c1-3-4-12-27-26(29(36)35(20(2)32-27)19-23-9-7-8-17-31-23)18-21-13-15-22(16-14-21)24-10-5-6-11-25(24)28-33-30(37)38-34-28/h5-11,13-17H,3-4,12,18-19H2,1-2H3,(H,33,34,37). The molecule has 5 aromatic rings. The normalized spacial score (nSPS) is 11.1. The lowest BCUT2D eigenvalue weighted by Crippen LogP contribution is -2.30. The van der Waals surface area contributed by atoms with E-state index in [4.69, 9.17) is 9.51 Å². The quantitative estimate of drug-likeness (QED) is 0.303. The van der Waals surface area contributed by atoms with Crippen molar-refractivity contribution in [3.8, 4) is 22.5 Å². The fourth-order valence-corrected chi connectivity index (χ4v) is 4.62. The van der Waals surface area contributed by atoms with Crippen LogP contribution in [0.5, 0.6) is 0 Å². The van der Waals surface area contributed by atoms with Crippen LogP contribution in [0.1, 0.15) is 48.1 Å². The Morgan fingerprint density at radius 3 is 2.39 bits per heavy atom. The lowest BCUT2D eigenvalue weighted by atomic mass is 9.96. The molecule has 0 saturated heterocycles. The van der Waals surface area contributed by atoms with Gasteiger partial charge in [-0.05, 0) is 48.6 Å². The molecule has 0 aliphatic heterocycles. The molecule has 8 heteroatoms. The Labute approximate surface area is 220 Å². The minimum absolute atomic E-state index is 0.0151. The van der Waals surface area contributed by atoms with E-state index in [0.29, 0.717) is 24.6 Å². The Morgan fingerprint density at radius 1 is 0.947 bits per heavy atom. The second kappa shape index (κ2) is 11.2. The van der Waals surface area contributed by atoms with Crippen LogP contribution in [-0.2, 0) is 19.4 Å². The summed E-state index contributed by atoms with van der Waals surface area (Å²) in [5.41, 5.74) is 6.08. The van der Waals surface area contributed by atoms with E-state index in [1.54, 1.807) is 10.8 Å². The first-order chi connectivity index (χ1) is 18.5. The highest BCUT2D eigenvalue weighted by Crippen LogP contribution is 2.30. The lowest BCUT2D eigenvalue weighted by Gasteiger charge is -2.15. The van der Waals surface area contributed by atoms with Gasteiger partial charge in [0.05, 0.1) is 17.9 Å². The minimum Gasteiger partial charge on any atom is -0.296 e. The van der Waals surface area contributed by atoms with Gasteiger partial charge in [-0.2, -0.15) is 0 Å². The Morgan fingerprint density at radius 2 is 1.71 bits per heavy atom. The smallest absolute Gasteiger partial charge is 0.296 e. The number of aromatic nitrogens is 5. The highest BCUT2D eigenvalue weighted by molar-refractivity contribution is 5.80. The lowest BCUT2D eigenvalue weighted by molar-refractivity contribution is 0.388. The number of nitrogens with zero attached hydrogens (tertiary/aromatic N) is 4. The van der Waals surface area contributed by atoms with Crippen molar-refractivity contribution in [3.63, 3.8) is 0 Å². The van der Waals surface area contributed by atoms with Crippen molar-refractivity contribution < 1.29 is 4.52 Å². The van der Waals surface area contributed by atoms with Gasteiger partial charge in [-0.3, -0.25) is 23.9 Å². The zero-order chi connectivity index (χ0) is 26.5. The second-order valence-corrected chi connectivity index (χ2v) is 9.26. The van der Waals surface area contributed by atoms with Crippen LogP contribution in [0.25, 0.3) is 22.5 Å². The fraction of sp³-hybridized carbons (Fsp3) is 0.233. The topological polar surface area (TPSA) is 107 Å². The average Bonchev–Trinajstić information content (AvgIpc) is 3.38. The molecule has 3 heterocycles. The van der Waals surface area contributed by atoms with E-state index in [2.05, 4.69) is 22.0 Å². The van der Waals surface area contributed by atoms with Gasteiger partial charge in [-0.25, -0.2) is 9.78 Å². The molecule has 0 aliphatic carbocycles. The highest BCUT2D eigenvalue weighted by Gasteiger charge is 2.16. The van der Waals surface area contributed by atoms with E-state index in [0.717, 1.165) is 58.5 Å². The average molecular weight is 508 g/mol. The minimum atomic E-state index is -0.593. The number of hydrogen-bond acceptors (Lipinski definition) is 6. The molecule has 1 N–H and O–H groups in total. The molecule has 0 spiro atoms. The molecule has 3 aromatic heterocycles. The monoisotopic (exact) mass is 507 g/mol. The summed E-state index contributed by atoms with van der Waals surface area (Å²) in [6.45, 7) is 4.41. The molecule has 0 fully saturated rings. The second-order valence-electron chi connectivity index (χ2n) is 9.26. The number of aryl methyl sites for hydroxylation is 2. The van der Waals surface area contributed by atoms with Crippen molar-refractivity contribution in [2.45, 2.75) is 46.1 Å². The van der Waals surface area contributed by atoms with E-state index in [1.165, 1.54) is 0 Å². The van der Waals surface area contributed by atoms with E-state index < -0.39 is 5.76 Å². The third kappa shape index (κ3) is 5.39. The molecule has 38 heavy (non-hydrogen) atoms. The summed E-state index contributed by atoms with van der Waals surface area (Å²) in [6, 6.07) is 21.5. The van der Waals surface area contributed by atoms with Gasteiger partial charge in [0.1, 0.15) is 5.82 Å². The van der Waals surface area contributed by atoms with Gasteiger partial charge in [0.15, 0.2) is 5.82 Å². The summed E-state index contributed by atoms with van der Waals surface area (Å²) in [7, 11) is 0. The van der Waals surface area contributed by atoms with Gasteiger partial charge in [-0.15, -0.1) is 0 Å². The number of aromatic amines is 1. The molecule has 0 radical (unpaired) electrons. The van der Waals surface area contributed by atoms with Crippen molar-refractivity contribution in [1.82, 2.24) is 24.7 Å². The SMILES string of the molecule is CCCCc1nc(C)n(Cc2ccccn2)c(=O)c1Cc1ccc(-c2ccccc2-c2noc(=O)[nH]2)cc1. The van der Waals surface area contributed by atoms with Crippen LogP contribution in [0.4, 0.5) is 0 Å². The van der Waals surface area contributed by atoms with Crippen molar-refractivity contribution in [3.05, 3.63) is 122 Å². The Bertz CT molecular complexity index is 1650. The van der Waals surface area contributed by atoms with E-state index >= 15 is 0 Å². The van der Waals surface area contributed by atoms with Crippen LogP contribution in [0, 0.1) is 6.92 Å². The van der Waals surface area contributed by atoms with Gasteiger partial charge < -0.3 is 0 Å². The zero-order valence-electron chi connectivity index (χ0n) is 21.5.